The van der Waals surface area contributed by atoms with Crippen molar-refractivity contribution >= 4 is 18.2 Å². The van der Waals surface area contributed by atoms with Gasteiger partial charge in [-0.25, -0.2) is 19.3 Å². The molecule has 162 valence electrons. The molecule has 0 N–H and O–H groups in total. The van der Waals surface area contributed by atoms with Crippen LogP contribution in [0.3, 0.4) is 0 Å². The number of carbonyl (C=O) groups is 3. The van der Waals surface area contributed by atoms with Gasteiger partial charge in [0.1, 0.15) is 16.8 Å². The quantitative estimate of drug-likeness (QED) is 0.542. The van der Waals surface area contributed by atoms with E-state index >= 15 is 0 Å². The number of pyridine rings is 1. The van der Waals surface area contributed by atoms with Crippen molar-refractivity contribution in [1.29, 1.82) is 0 Å². The fraction of sp³-hybridized carbons (Fsp3) is 0.600. The number of esters is 1. The fourth-order valence-electron chi connectivity index (χ4n) is 2.13. The number of hydrogen-bond donors (Lipinski definition) is 0. The summed E-state index contributed by atoms with van der Waals surface area (Å²) in [6, 6.07) is 1.22. The van der Waals surface area contributed by atoms with Crippen LogP contribution < -0.4 is 5.43 Å². The summed E-state index contributed by atoms with van der Waals surface area (Å²) in [6.07, 6.45) is 1.08. The second-order valence-electron chi connectivity index (χ2n) is 8.29. The lowest BCUT2D eigenvalue weighted by Gasteiger charge is -2.28. The number of aromatic nitrogens is 1. The molecule has 9 heteroatoms. The maximum absolute atomic E-state index is 12.5. The molecule has 0 atom stereocenters. The average molecular weight is 410 g/mol. The summed E-state index contributed by atoms with van der Waals surface area (Å²) < 4.78 is 17.0. The minimum absolute atomic E-state index is 0.0883. The van der Waals surface area contributed by atoms with Gasteiger partial charge in [0, 0.05) is 25.0 Å². The van der Waals surface area contributed by atoms with Crippen molar-refractivity contribution in [3.63, 3.8) is 0 Å². The Hall–Kier alpha value is -2.84. The van der Waals surface area contributed by atoms with Crippen LogP contribution in [0.1, 0.15) is 58.8 Å². The van der Waals surface area contributed by atoms with Crippen molar-refractivity contribution in [2.75, 3.05) is 13.2 Å². The van der Waals surface area contributed by atoms with Crippen LogP contribution in [0, 0.1) is 0 Å². The molecule has 0 radical (unpaired) electrons. The summed E-state index contributed by atoms with van der Waals surface area (Å²) in [4.78, 5) is 49.6. The number of ether oxygens (including phenoxy) is 3. The zero-order valence-electron chi connectivity index (χ0n) is 18.1. The van der Waals surface area contributed by atoms with Gasteiger partial charge in [-0.1, -0.05) is 0 Å². The molecule has 0 aliphatic rings. The molecule has 0 saturated carbocycles. The molecule has 1 rings (SSSR count). The molecule has 2 amide bonds. The molecule has 1 heterocycles. The van der Waals surface area contributed by atoms with Gasteiger partial charge >= 0.3 is 18.2 Å². The van der Waals surface area contributed by atoms with Crippen molar-refractivity contribution < 1.29 is 28.6 Å². The van der Waals surface area contributed by atoms with E-state index in [0.29, 0.717) is 0 Å². The predicted octanol–water partition coefficient (Wildman–Crippen LogP) is 3.20. The normalized spacial score (nSPS) is 11.6. The first-order chi connectivity index (χ1) is 13.2. The van der Waals surface area contributed by atoms with Gasteiger partial charge in [0.25, 0.3) is 0 Å². The number of rotatable bonds is 5. The van der Waals surface area contributed by atoms with Crippen LogP contribution in [0.4, 0.5) is 9.59 Å². The van der Waals surface area contributed by atoms with E-state index in [9.17, 15) is 19.2 Å². The number of carbonyl (C=O) groups excluding carboxylic acids is 3. The summed E-state index contributed by atoms with van der Waals surface area (Å²) in [5.41, 5.74) is -2.20. The SMILES string of the molecule is CCOC(=O)c1cn(CCN(C(=O)OC(C)(C)C)C(=O)OC(C)(C)C)ccc1=O. The molecule has 1 aromatic rings. The van der Waals surface area contributed by atoms with Gasteiger partial charge in [-0.2, -0.15) is 0 Å². The molecule has 0 aliphatic carbocycles. The smallest absolute Gasteiger partial charge is 0.419 e. The topological polar surface area (TPSA) is 104 Å². The number of nitrogens with zero attached hydrogens (tertiary/aromatic N) is 2. The molecule has 0 aliphatic heterocycles. The molecular formula is C20H30N2O7. The van der Waals surface area contributed by atoms with Gasteiger partial charge in [-0.15, -0.1) is 0 Å². The van der Waals surface area contributed by atoms with Crippen LogP contribution in [-0.2, 0) is 20.8 Å². The van der Waals surface area contributed by atoms with Gasteiger partial charge < -0.3 is 18.8 Å². The Bertz CT molecular complexity index is 772. The Morgan fingerprint density at radius 1 is 1.00 bits per heavy atom. The minimum atomic E-state index is -0.849. The van der Waals surface area contributed by atoms with E-state index < -0.39 is 34.8 Å². The molecular weight excluding hydrogens is 380 g/mol. The Labute approximate surface area is 170 Å². The van der Waals surface area contributed by atoms with Gasteiger partial charge in [0.15, 0.2) is 5.43 Å². The number of hydrogen-bond acceptors (Lipinski definition) is 7. The third kappa shape index (κ3) is 8.37. The third-order valence-electron chi connectivity index (χ3n) is 3.28. The van der Waals surface area contributed by atoms with Crippen molar-refractivity contribution in [2.45, 2.75) is 66.2 Å². The molecule has 29 heavy (non-hydrogen) atoms. The Morgan fingerprint density at radius 2 is 1.52 bits per heavy atom. The third-order valence-corrected chi connectivity index (χ3v) is 3.28. The molecule has 9 nitrogen and oxygen atoms in total. The maximum atomic E-state index is 12.5. The first-order valence-electron chi connectivity index (χ1n) is 9.34. The van der Waals surface area contributed by atoms with E-state index in [4.69, 9.17) is 14.2 Å². The lowest BCUT2D eigenvalue weighted by molar-refractivity contribution is 0.000814. The molecule has 0 unspecified atom stereocenters. The number of amides is 2. The van der Waals surface area contributed by atoms with Crippen molar-refractivity contribution in [2.24, 2.45) is 0 Å². The lowest BCUT2D eigenvalue weighted by atomic mass is 10.2. The zero-order valence-corrected chi connectivity index (χ0v) is 18.1. The predicted molar refractivity (Wildman–Crippen MR) is 106 cm³/mol. The van der Waals surface area contributed by atoms with Gasteiger partial charge in [-0.3, -0.25) is 4.79 Å². The molecule has 0 bridgehead atoms. The van der Waals surface area contributed by atoms with E-state index in [2.05, 4.69) is 0 Å². The molecule has 0 fully saturated rings. The average Bonchev–Trinajstić information content (AvgIpc) is 2.53. The summed E-state index contributed by atoms with van der Waals surface area (Å²) in [7, 11) is 0. The van der Waals surface area contributed by atoms with Crippen LogP contribution in [0.15, 0.2) is 23.3 Å². The molecule has 0 saturated heterocycles. The molecule has 0 aromatic carbocycles. The van der Waals surface area contributed by atoms with Gasteiger partial charge in [0.05, 0.1) is 13.2 Å². The monoisotopic (exact) mass is 410 g/mol. The standard InChI is InChI=1S/C20H30N2O7/c1-8-27-16(24)14-13-21(10-9-15(14)23)11-12-22(17(25)28-19(2,3)4)18(26)29-20(5,6)7/h9-10,13H,8,11-12H2,1-7H3. The van der Waals surface area contributed by atoms with Crippen LogP contribution in [0.5, 0.6) is 0 Å². The fourth-order valence-corrected chi connectivity index (χ4v) is 2.13. The first kappa shape index (κ1) is 24.2. The van der Waals surface area contributed by atoms with Crippen LogP contribution in [0.2, 0.25) is 0 Å². The summed E-state index contributed by atoms with van der Waals surface area (Å²) >= 11 is 0. The van der Waals surface area contributed by atoms with Crippen LogP contribution in [-0.4, -0.2) is 52.0 Å². The van der Waals surface area contributed by atoms with E-state index in [1.165, 1.54) is 23.0 Å². The summed E-state index contributed by atoms with van der Waals surface area (Å²) in [5.74, 6) is -0.733. The minimum Gasteiger partial charge on any atom is -0.462 e. The van der Waals surface area contributed by atoms with Crippen molar-refractivity contribution in [3.05, 3.63) is 34.2 Å². The highest BCUT2D eigenvalue weighted by Crippen LogP contribution is 2.14. The maximum Gasteiger partial charge on any atom is 0.419 e. The Kier molecular flexibility index (Phi) is 7.99. The largest absolute Gasteiger partial charge is 0.462 e. The highest BCUT2D eigenvalue weighted by atomic mass is 16.6. The highest BCUT2D eigenvalue weighted by molar-refractivity contribution is 5.89. The van der Waals surface area contributed by atoms with E-state index in [-0.39, 0.29) is 25.3 Å². The van der Waals surface area contributed by atoms with E-state index in [0.717, 1.165) is 4.90 Å². The van der Waals surface area contributed by atoms with E-state index in [1.54, 1.807) is 48.5 Å². The summed E-state index contributed by atoms with van der Waals surface area (Å²) in [5, 5.41) is 0. The van der Waals surface area contributed by atoms with Gasteiger partial charge in [0.2, 0.25) is 0 Å². The Morgan fingerprint density at radius 3 is 1.97 bits per heavy atom. The van der Waals surface area contributed by atoms with Crippen molar-refractivity contribution in [1.82, 2.24) is 9.47 Å². The van der Waals surface area contributed by atoms with Crippen LogP contribution >= 0.6 is 0 Å². The first-order valence-corrected chi connectivity index (χ1v) is 9.34. The molecule has 0 spiro atoms. The number of imide groups is 1. The lowest BCUT2D eigenvalue weighted by Crippen LogP contribution is -2.45. The second kappa shape index (κ2) is 9.58. The second-order valence-corrected chi connectivity index (χ2v) is 8.29. The van der Waals surface area contributed by atoms with E-state index in [1.807, 2.05) is 0 Å². The molecule has 1 aromatic heterocycles. The van der Waals surface area contributed by atoms with Crippen molar-refractivity contribution in [3.8, 4) is 0 Å². The summed E-state index contributed by atoms with van der Waals surface area (Å²) in [6.45, 7) is 11.9. The zero-order chi connectivity index (χ0) is 22.4. The van der Waals surface area contributed by atoms with Gasteiger partial charge in [-0.05, 0) is 48.5 Å². The Balaban J connectivity index is 3.04. The highest BCUT2D eigenvalue weighted by Gasteiger charge is 2.31. The van der Waals surface area contributed by atoms with Crippen LogP contribution in [0.25, 0.3) is 0 Å².